The molecule has 6 heterocycles. The first-order chi connectivity index (χ1) is 47.9. The number of alkyl halides is 1. The Morgan fingerprint density at radius 2 is 0.939 bits per heavy atom. The number of piperidine rings is 2. The molecule has 23 nitrogen and oxygen atoms in total. The number of aliphatic carboxylic acids is 1. The maximum absolute atomic E-state index is 13.1. The molecule has 2 saturated heterocycles. The fourth-order valence-corrected chi connectivity index (χ4v) is 11.0. The molecule has 6 N–H and O–H groups in total. The standard InChI is InChI=1S/C35H35ClN6O3.C24H18ClN5.C11H19NO4.CH3F.2O2S/c1-35(2,3)45-34(44)41-18-16-23(17-19-41)32(43)38-24-10-9-11-25(20-24)39-33-37-21-29(36)31(40-33)28-22-42(26-12-5-4-6-13-26)30-15-8-7-14-27(28)30;25-21-14-27-24(28-17-8-6-7-16(26)13-17)29-23(21)20-15-30(18-9-2-1-3-10-18)22-12-5-4-11-19(20)22;1-11(2,3)16-10(15)12-6-4-8(5-7-12)9(13)14;1-2;2*1-3-2/h4-15,20-23H,16-19H2,1-3H3,(H,38,43)(H,37,39,40);1-15H,26H2,(H,27,28,29);8H,4-7H2,1-3H3,(H,13,14);1H3;;/i;;;1D;;. The molecular weight excluding hydrogens is 1350 g/mol. The summed E-state index contributed by atoms with van der Waals surface area (Å²) in [5, 5.41) is 21.3. The second-order valence-corrected chi connectivity index (χ2v) is 25.3. The van der Waals surface area contributed by atoms with E-state index in [1.807, 2.05) is 157 Å². The summed E-state index contributed by atoms with van der Waals surface area (Å²) >= 11 is 11.7. The van der Waals surface area contributed by atoms with Gasteiger partial charge in [-0.2, -0.15) is 16.8 Å². The number of benzene rings is 6. The molecular formula is C71H75Cl2FN12O11S2. The monoisotopic (exact) mass is 1430 g/mol. The largest absolute Gasteiger partial charge is 0.481 e. The van der Waals surface area contributed by atoms with E-state index in [0.717, 1.165) is 50.0 Å². The molecule has 2 aliphatic heterocycles. The van der Waals surface area contributed by atoms with E-state index in [0.29, 0.717) is 102 Å². The Kier molecular flexibility index (Phi) is 27.2. The van der Waals surface area contributed by atoms with Crippen molar-refractivity contribution in [1.82, 2.24) is 38.9 Å². The Balaban J connectivity index is 0.000000218. The number of carboxylic acids is 1. The molecule has 0 bridgehead atoms. The third-order valence-electron chi connectivity index (χ3n) is 15.0. The highest BCUT2D eigenvalue weighted by Crippen LogP contribution is 2.38. The van der Waals surface area contributed by atoms with E-state index in [1.54, 1.807) is 22.2 Å². The van der Waals surface area contributed by atoms with Gasteiger partial charge >= 0.3 is 41.3 Å². The van der Waals surface area contributed by atoms with Gasteiger partial charge in [0.2, 0.25) is 17.8 Å². The van der Waals surface area contributed by atoms with Gasteiger partial charge in [-0.05, 0) is 140 Å². The zero-order valence-corrected chi connectivity index (χ0v) is 58.1. The molecule has 518 valence electrons. The van der Waals surface area contributed by atoms with Crippen LogP contribution >= 0.6 is 23.2 Å². The van der Waals surface area contributed by atoms with Crippen LogP contribution in [-0.2, 0) is 42.2 Å². The molecule has 28 heteroatoms. The number of anilines is 6. The van der Waals surface area contributed by atoms with Gasteiger partial charge in [-0.15, -0.1) is 0 Å². The first-order valence-corrected chi connectivity index (χ1v) is 33.0. The minimum absolute atomic E-state index is 0.0733. The lowest BCUT2D eigenvalue weighted by Crippen LogP contribution is -2.43. The van der Waals surface area contributed by atoms with Gasteiger partial charge in [-0.25, -0.2) is 29.5 Å². The van der Waals surface area contributed by atoms with Crippen molar-refractivity contribution < 1.29 is 56.4 Å². The van der Waals surface area contributed by atoms with Crippen LogP contribution in [0.4, 0.5) is 48.6 Å². The molecule has 0 aliphatic carbocycles. The van der Waals surface area contributed by atoms with Crippen LogP contribution in [0.1, 0.15) is 68.6 Å². The van der Waals surface area contributed by atoms with Crippen LogP contribution in [0.2, 0.25) is 10.0 Å². The number of nitrogens with one attached hydrogen (secondary N) is 3. The van der Waals surface area contributed by atoms with Gasteiger partial charge in [0.25, 0.3) is 0 Å². The molecule has 2 aliphatic rings. The number of halogens is 3. The van der Waals surface area contributed by atoms with Crippen molar-refractivity contribution in [2.24, 2.45) is 11.8 Å². The molecule has 0 radical (unpaired) electrons. The van der Waals surface area contributed by atoms with E-state index in [1.165, 1.54) is 0 Å². The number of likely N-dealkylation sites (tertiary alicyclic amines) is 2. The van der Waals surface area contributed by atoms with E-state index in [-0.39, 0.29) is 29.9 Å². The van der Waals surface area contributed by atoms with Gasteiger partial charge in [0.1, 0.15) is 11.2 Å². The maximum atomic E-state index is 13.1. The highest BCUT2D eigenvalue weighted by molar-refractivity contribution is 7.52. The Morgan fingerprint density at radius 3 is 1.34 bits per heavy atom. The van der Waals surface area contributed by atoms with Crippen LogP contribution in [0.3, 0.4) is 0 Å². The number of aromatic nitrogens is 6. The summed E-state index contributed by atoms with van der Waals surface area (Å²) in [6.07, 6.45) is 8.80. The van der Waals surface area contributed by atoms with Gasteiger partial charge in [0, 0.05) is 101 Å². The average molecular weight is 1430 g/mol. The summed E-state index contributed by atoms with van der Waals surface area (Å²) in [5.74, 6) is -0.528. The highest BCUT2D eigenvalue weighted by atomic mass is 35.5. The number of hydrogen-bond acceptors (Lipinski definition) is 17. The molecule has 2 fully saturated rings. The predicted molar refractivity (Wildman–Crippen MR) is 385 cm³/mol. The lowest BCUT2D eigenvalue weighted by atomic mass is 9.96. The summed E-state index contributed by atoms with van der Waals surface area (Å²) in [4.78, 5) is 69.4. The maximum Gasteiger partial charge on any atom is 0.410 e. The summed E-state index contributed by atoms with van der Waals surface area (Å²) in [5.41, 5.74) is 15.0. The Morgan fingerprint density at radius 1 is 0.566 bits per heavy atom. The number of carbonyl (C=O) groups is 4. The number of hydrogen-bond donors (Lipinski definition) is 5. The van der Waals surface area contributed by atoms with Gasteiger partial charge < -0.3 is 55.2 Å². The number of rotatable bonds is 11. The Hall–Kier alpha value is -10.4. The molecule has 3 amide bonds. The van der Waals surface area contributed by atoms with Gasteiger partial charge in [0.15, 0.2) is 0 Å². The number of nitrogen functional groups attached to an aromatic ring is 1. The van der Waals surface area contributed by atoms with Crippen LogP contribution < -0.4 is 21.7 Å². The third-order valence-corrected chi connectivity index (χ3v) is 15.6. The second kappa shape index (κ2) is 36.3. The van der Waals surface area contributed by atoms with Gasteiger partial charge in [0.05, 0.1) is 59.3 Å². The number of para-hydroxylation sites is 4. The molecule has 0 unspecified atom stereocenters. The molecule has 6 aromatic carbocycles. The van der Waals surface area contributed by atoms with E-state index < -0.39 is 47.5 Å². The number of fused-ring (bicyclic) bond motifs is 2. The SMILES string of the molecule is CC(C)(C)OC(=O)N1CCC(C(=O)Nc2cccc(Nc3ncc(Cl)c(-c4cn(-c5ccccc5)c5ccccc45)n3)c2)CC1.CC(C)(C)OC(=O)N1CCC(C(=O)O)CC1.Nc1cccc(Nc2ncc(Cl)c(-c3cn(-c4ccccc4)c4ccccc34)n2)c1.O=S=O.O=S=O.[2H]CF. The number of nitrogens with zero attached hydrogens (tertiary/aromatic N) is 8. The summed E-state index contributed by atoms with van der Waals surface area (Å²) in [7, 11) is -1.00. The molecule has 0 spiro atoms. The van der Waals surface area contributed by atoms with Crippen molar-refractivity contribution in [3.63, 3.8) is 0 Å². The van der Waals surface area contributed by atoms with Gasteiger partial charge in [-0.3, -0.25) is 14.0 Å². The number of carbonyl (C=O) groups excluding carboxylic acids is 3. The van der Waals surface area contributed by atoms with E-state index in [4.69, 9.17) is 71.7 Å². The molecule has 0 atom stereocenters. The number of amides is 3. The number of nitrogens with two attached hydrogens (primary N) is 1. The van der Waals surface area contributed by atoms with Crippen LogP contribution in [0.15, 0.2) is 183 Å². The zero-order valence-electron chi connectivity index (χ0n) is 56.0. The van der Waals surface area contributed by atoms with Crippen LogP contribution in [0, 0.1) is 11.8 Å². The topological polar surface area (TPSA) is 305 Å². The van der Waals surface area contributed by atoms with E-state index in [9.17, 15) is 23.6 Å². The zero-order chi connectivity index (χ0) is 72.5. The average Bonchev–Trinajstić information content (AvgIpc) is 1.62. The second-order valence-electron chi connectivity index (χ2n) is 24.2. The van der Waals surface area contributed by atoms with Crippen LogP contribution in [-0.4, -0.2) is 129 Å². The van der Waals surface area contributed by atoms with Crippen molar-refractivity contribution in [2.45, 2.75) is 78.4 Å². The van der Waals surface area contributed by atoms with Crippen LogP contribution in [0.25, 0.3) is 55.7 Å². The Labute approximate surface area is 590 Å². The van der Waals surface area contributed by atoms with E-state index >= 15 is 0 Å². The van der Waals surface area contributed by atoms with Crippen molar-refractivity contribution in [1.29, 1.82) is 0 Å². The molecule has 0 saturated carbocycles. The van der Waals surface area contributed by atoms with Crippen LogP contribution in [0.5, 0.6) is 0 Å². The summed E-state index contributed by atoms with van der Waals surface area (Å²) < 4.78 is 63.6. The number of ether oxygens (including phenoxy) is 2. The van der Waals surface area contributed by atoms with Gasteiger partial charge in [-0.1, -0.05) is 108 Å². The fourth-order valence-electron chi connectivity index (χ4n) is 10.7. The normalized spacial score (nSPS) is 13.0. The summed E-state index contributed by atoms with van der Waals surface area (Å²) in [6, 6.07) is 51.6. The van der Waals surface area contributed by atoms with E-state index in [2.05, 4.69) is 89.8 Å². The minimum atomic E-state index is -1.00. The molecule has 12 rings (SSSR count). The summed E-state index contributed by atoms with van der Waals surface area (Å²) in [6.45, 7) is 12.9. The lowest BCUT2D eigenvalue weighted by molar-refractivity contribution is -0.143. The predicted octanol–water partition coefficient (Wildman–Crippen LogP) is 15.1. The van der Waals surface area contributed by atoms with Crippen molar-refractivity contribution in [3.8, 4) is 33.9 Å². The third kappa shape index (κ3) is 21.8. The quantitative estimate of drug-likeness (QED) is 0.0752. The van der Waals surface area contributed by atoms with Crippen molar-refractivity contribution in [2.75, 3.05) is 55.0 Å². The first-order valence-electron chi connectivity index (χ1n) is 31.6. The van der Waals surface area contributed by atoms with Crippen molar-refractivity contribution >= 4 is 127 Å². The first kappa shape index (κ1) is 74.4. The Bertz CT molecular complexity index is 4470. The molecule has 10 aromatic rings. The fraction of sp³-hybridized carbons (Fsp3) is 0.268. The van der Waals surface area contributed by atoms with Crippen molar-refractivity contribution in [3.05, 3.63) is 193 Å². The molecule has 99 heavy (non-hydrogen) atoms. The number of carboxylic acid groups (broad SMARTS) is 1. The minimum Gasteiger partial charge on any atom is -0.481 e. The highest BCUT2D eigenvalue weighted by Gasteiger charge is 2.32. The smallest absolute Gasteiger partial charge is 0.410 e. The lowest BCUT2D eigenvalue weighted by Gasteiger charge is -2.32. The molecule has 4 aromatic heterocycles.